The highest BCUT2D eigenvalue weighted by atomic mass is 35.5. The third-order valence-electron chi connectivity index (χ3n) is 4.08. The number of nitro groups is 2. The second-order valence-corrected chi connectivity index (χ2v) is 8.33. The number of nitrogens with one attached hydrogen (secondary N) is 2. The van der Waals surface area contributed by atoms with E-state index in [-0.39, 0.29) is 26.9 Å². The molecule has 0 amide bonds. The number of benzene rings is 3. The van der Waals surface area contributed by atoms with E-state index in [1.165, 1.54) is 42.5 Å². The lowest BCUT2D eigenvalue weighted by atomic mass is 10.2. The lowest BCUT2D eigenvalue weighted by molar-refractivity contribution is -0.384. The van der Waals surface area contributed by atoms with Crippen LogP contribution in [0.5, 0.6) is 0 Å². The van der Waals surface area contributed by atoms with Crippen molar-refractivity contribution in [1.29, 1.82) is 0 Å². The number of sulfonamides is 1. The fourth-order valence-electron chi connectivity index (χ4n) is 2.56. The highest BCUT2D eigenvalue weighted by Gasteiger charge is 2.21. The number of anilines is 2. The Hall–Kier alpha value is -4.03. The third-order valence-corrected chi connectivity index (χ3v) is 5.80. The number of para-hydroxylation sites is 1. The molecule has 0 saturated carbocycles. The Morgan fingerprint density at radius 3 is 2.31 bits per heavy atom. The maximum absolute atomic E-state index is 12.6. The molecule has 0 fully saturated rings. The zero-order chi connectivity index (χ0) is 23.3. The normalized spacial score (nSPS) is 11.3. The van der Waals surface area contributed by atoms with Gasteiger partial charge in [-0.1, -0.05) is 29.8 Å². The van der Waals surface area contributed by atoms with E-state index < -0.39 is 25.6 Å². The lowest BCUT2D eigenvalue weighted by Gasteiger charge is -2.09. The van der Waals surface area contributed by atoms with Gasteiger partial charge in [-0.2, -0.15) is 5.10 Å². The van der Waals surface area contributed by atoms with Crippen LogP contribution in [0.25, 0.3) is 0 Å². The van der Waals surface area contributed by atoms with Gasteiger partial charge in [-0.3, -0.25) is 30.4 Å². The molecule has 0 aliphatic carbocycles. The van der Waals surface area contributed by atoms with Crippen LogP contribution in [0.2, 0.25) is 5.02 Å². The van der Waals surface area contributed by atoms with Crippen LogP contribution in [0.1, 0.15) is 5.56 Å². The van der Waals surface area contributed by atoms with Crippen LogP contribution < -0.4 is 10.1 Å². The molecule has 32 heavy (non-hydrogen) atoms. The van der Waals surface area contributed by atoms with Gasteiger partial charge in [0.25, 0.3) is 21.4 Å². The molecular formula is C19H14ClN5O6S. The van der Waals surface area contributed by atoms with Crippen molar-refractivity contribution in [2.75, 3.05) is 10.1 Å². The van der Waals surface area contributed by atoms with Crippen molar-refractivity contribution in [3.8, 4) is 0 Å². The third kappa shape index (κ3) is 5.36. The molecule has 0 atom stereocenters. The zero-order valence-electron chi connectivity index (χ0n) is 16.0. The van der Waals surface area contributed by atoms with Crippen LogP contribution in [0.4, 0.5) is 22.7 Å². The van der Waals surface area contributed by atoms with Crippen molar-refractivity contribution in [1.82, 2.24) is 0 Å². The Bertz CT molecular complexity index is 1320. The molecule has 0 radical (unpaired) electrons. The van der Waals surface area contributed by atoms with Gasteiger partial charge >= 0.3 is 0 Å². The van der Waals surface area contributed by atoms with Crippen molar-refractivity contribution in [2.24, 2.45) is 5.10 Å². The number of nitrogens with zero attached hydrogens (tertiary/aromatic N) is 3. The predicted molar refractivity (Wildman–Crippen MR) is 120 cm³/mol. The quantitative estimate of drug-likeness (QED) is 0.277. The first-order valence-electron chi connectivity index (χ1n) is 8.77. The summed E-state index contributed by atoms with van der Waals surface area (Å²) < 4.78 is 27.5. The molecule has 0 saturated heterocycles. The molecule has 0 aliphatic heterocycles. The minimum atomic E-state index is -4.07. The summed E-state index contributed by atoms with van der Waals surface area (Å²) in [4.78, 5) is 20.7. The zero-order valence-corrected chi connectivity index (χ0v) is 17.6. The maximum atomic E-state index is 12.6. The SMILES string of the molecule is O=[N+]([O-])c1ccc(Cl)c(/C=N/Nc2ccc(S(=O)(=O)Nc3ccccc3)cc2[N+](=O)[O-])c1. The Labute approximate surface area is 186 Å². The molecule has 0 heterocycles. The Morgan fingerprint density at radius 2 is 1.66 bits per heavy atom. The summed E-state index contributed by atoms with van der Waals surface area (Å²) in [5.41, 5.74) is 2.11. The van der Waals surface area contributed by atoms with Gasteiger partial charge in [0, 0.05) is 34.5 Å². The van der Waals surface area contributed by atoms with Crippen LogP contribution in [0, 0.1) is 20.2 Å². The number of hydrogen-bond acceptors (Lipinski definition) is 8. The summed E-state index contributed by atoms with van der Waals surface area (Å²) >= 11 is 5.98. The molecule has 0 bridgehead atoms. The molecule has 0 aliphatic rings. The van der Waals surface area contributed by atoms with E-state index >= 15 is 0 Å². The number of halogens is 1. The van der Waals surface area contributed by atoms with Gasteiger partial charge in [0.15, 0.2) is 0 Å². The smallest absolute Gasteiger partial charge is 0.280 e. The summed E-state index contributed by atoms with van der Waals surface area (Å²) in [5.74, 6) is 0. The van der Waals surface area contributed by atoms with Crippen LogP contribution in [-0.4, -0.2) is 24.5 Å². The average molecular weight is 476 g/mol. The highest BCUT2D eigenvalue weighted by molar-refractivity contribution is 7.92. The van der Waals surface area contributed by atoms with Crippen LogP contribution in [0.15, 0.2) is 76.7 Å². The molecule has 3 rings (SSSR count). The van der Waals surface area contributed by atoms with Gasteiger partial charge in [0.2, 0.25) is 0 Å². The first-order chi connectivity index (χ1) is 15.2. The number of hydrazone groups is 1. The summed E-state index contributed by atoms with van der Waals surface area (Å²) in [5, 5.41) is 26.4. The van der Waals surface area contributed by atoms with Crippen LogP contribution in [0.3, 0.4) is 0 Å². The average Bonchev–Trinajstić information content (AvgIpc) is 2.75. The van der Waals surface area contributed by atoms with Gasteiger partial charge in [-0.25, -0.2) is 8.42 Å². The molecule has 3 aromatic carbocycles. The van der Waals surface area contributed by atoms with Crippen molar-refractivity contribution >= 4 is 50.6 Å². The Morgan fingerprint density at radius 1 is 0.938 bits per heavy atom. The number of rotatable bonds is 8. The van der Waals surface area contributed by atoms with E-state index in [1.807, 2.05) is 0 Å². The standard InChI is InChI=1S/C19H14ClN5O6S/c20-17-8-6-15(24(26)27)10-13(17)12-21-22-18-9-7-16(11-19(18)25(28)29)32(30,31)23-14-4-2-1-3-5-14/h1-12,22-23H/b21-12+. The van der Waals surface area contributed by atoms with E-state index in [9.17, 15) is 28.6 Å². The van der Waals surface area contributed by atoms with Crippen molar-refractivity contribution in [2.45, 2.75) is 4.90 Å². The predicted octanol–water partition coefficient (Wildman–Crippen LogP) is 4.40. The molecule has 13 heteroatoms. The minimum Gasteiger partial charge on any atom is -0.280 e. The fourth-order valence-corrected chi connectivity index (χ4v) is 3.80. The Kier molecular flexibility index (Phi) is 6.66. The summed E-state index contributed by atoms with van der Waals surface area (Å²) in [6.45, 7) is 0. The largest absolute Gasteiger partial charge is 0.295 e. The number of nitro benzene ring substituents is 2. The van der Waals surface area contributed by atoms with Gasteiger partial charge in [0.05, 0.1) is 21.0 Å². The molecule has 0 spiro atoms. The van der Waals surface area contributed by atoms with E-state index in [1.54, 1.807) is 18.2 Å². The van der Waals surface area contributed by atoms with Crippen molar-refractivity contribution in [3.63, 3.8) is 0 Å². The molecular weight excluding hydrogens is 462 g/mol. The second-order valence-electron chi connectivity index (χ2n) is 6.24. The van der Waals surface area contributed by atoms with Crippen LogP contribution in [-0.2, 0) is 10.0 Å². The van der Waals surface area contributed by atoms with E-state index in [0.29, 0.717) is 5.69 Å². The van der Waals surface area contributed by atoms with E-state index in [2.05, 4.69) is 15.2 Å². The van der Waals surface area contributed by atoms with E-state index in [4.69, 9.17) is 11.6 Å². The van der Waals surface area contributed by atoms with Gasteiger partial charge in [-0.05, 0) is 30.3 Å². The van der Waals surface area contributed by atoms with Crippen LogP contribution >= 0.6 is 11.6 Å². The fraction of sp³-hybridized carbons (Fsp3) is 0. The first kappa shape index (κ1) is 22.7. The molecule has 0 aromatic heterocycles. The molecule has 3 aromatic rings. The maximum Gasteiger partial charge on any atom is 0.295 e. The van der Waals surface area contributed by atoms with Crippen molar-refractivity contribution in [3.05, 3.63) is 97.5 Å². The van der Waals surface area contributed by atoms with Crippen molar-refractivity contribution < 1.29 is 18.3 Å². The molecule has 11 nitrogen and oxygen atoms in total. The minimum absolute atomic E-state index is 0.0912. The number of hydrogen-bond donors (Lipinski definition) is 2. The van der Waals surface area contributed by atoms with Gasteiger partial charge in [-0.15, -0.1) is 0 Å². The first-order valence-corrected chi connectivity index (χ1v) is 10.6. The second kappa shape index (κ2) is 9.41. The topological polar surface area (TPSA) is 157 Å². The summed E-state index contributed by atoms with van der Waals surface area (Å²) in [7, 11) is -4.07. The molecule has 2 N–H and O–H groups in total. The monoisotopic (exact) mass is 475 g/mol. The molecule has 0 unspecified atom stereocenters. The molecule has 164 valence electrons. The highest BCUT2D eigenvalue weighted by Crippen LogP contribution is 2.29. The summed E-state index contributed by atoms with van der Waals surface area (Å²) in [6.07, 6.45) is 1.15. The summed E-state index contributed by atoms with van der Waals surface area (Å²) in [6, 6.07) is 15.0. The van der Waals surface area contributed by atoms with Gasteiger partial charge < -0.3 is 0 Å². The Balaban J connectivity index is 1.86. The van der Waals surface area contributed by atoms with E-state index in [0.717, 1.165) is 12.3 Å². The lowest BCUT2D eigenvalue weighted by Crippen LogP contribution is -2.13. The number of non-ortho nitro benzene ring substituents is 1. The van der Waals surface area contributed by atoms with Gasteiger partial charge in [0.1, 0.15) is 5.69 Å².